The maximum absolute atomic E-state index is 10.7. The van der Waals surface area contributed by atoms with Crippen molar-refractivity contribution in [3.05, 3.63) is 46.8 Å². The normalized spacial score (nSPS) is 27.6. The molecule has 2 saturated heterocycles. The number of anilines is 2. The highest BCUT2D eigenvalue weighted by Gasteiger charge is 2.36. The summed E-state index contributed by atoms with van der Waals surface area (Å²) in [5, 5.41) is 31.3. The van der Waals surface area contributed by atoms with Gasteiger partial charge in [-0.2, -0.15) is 10.1 Å². The fourth-order valence-corrected chi connectivity index (χ4v) is 6.55. The van der Waals surface area contributed by atoms with Gasteiger partial charge in [0.25, 0.3) is 0 Å². The third kappa shape index (κ3) is 3.99. The van der Waals surface area contributed by atoms with Crippen LogP contribution in [-0.2, 0) is 0 Å². The van der Waals surface area contributed by atoms with Crippen LogP contribution in [0.1, 0.15) is 60.3 Å². The molecule has 2 heterocycles. The van der Waals surface area contributed by atoms with Crippen LogP contribution >= 0.6 is 0 Å². The lowest BCUT2D eigenvalue weighted by Crippen LogP contribution is -2.51. The molecule has 2 aliphatic rings. The first-order valence-corrected chi connectivity index (χ1v) is 12.7. The highest BCUT2D eigenvalue weighted by atomic mass is 16.5. The molecule has 186 valence electrons. The van der Waals surface area contributed by atoms with Gasteiger partial charge in [0.05, 0.1) is 0 Å². The van der Waals surface area contributed by atoms with Crippen LogP contribution < -0.4 is 21.9 Å². The van der Waals surface area contributed by atoms with Gasteiger partial charge in [-0.15, -0.1) is 0 Å². The van der Waals surface area contributed by atoms with Crippen molar-refractivity contribution in [3.8, 4) is 0 Å². The summed E-state index contributed by atoms with van der Waals surface area (Å²) in [6, 6.07) is 12.6. The van der Waals surface area contributed by atoms with Crippen molar-refractivity contribution in [2.75, 3.05) is 11.5 Å². The van der Waals surface area contributed by atoms with Crippen LogP contribution in [0.3, 0.4) is 0 Å². The van der Waals surface area contributed by atoms with E-state index in [9.17, 15) is 10.4 Å². The van der Waals surface area contributed by atoms with E-state index in [-0.39, 0.29) is 23.7 Å². The van der Waals surface area contributed by atoms with Crippen LogP contribution in [0.15, 0.2) is 36.4 Å². The molecule has 2 aliphatic heterocycles. The Balaban J connectivity index is 1.98. The zero-order valence-corrected chi connectivity index (χ0v) is 21.5. The third-order valence-electron chi connectivity index (χ3n) is 8.08. The van der Waals surface area contributed by atoms with E-state index in [1.807, 2.05) is 12.1 Å². The first-order valence-electron chi connectivity index (χ1n) is 12.7. The molecule has 5 rings (SSSR count). The zero-order chi connectivity index (χ0) is 25.2. The fraction of sp³-hybridized carbons (Fsp3) is 0.448. The Morgan fingerprint density at radius 2 is 1.17 bits per heavy atom. The van der Waals surface area contributed by atoms with E-state index in [0.29, 0.717) is 0 Å². The minimum Gasteiger partial charge on any atom is -0.399 e. The summed E-state index contributed by atoms with van der Waals surface area (Å²) in [7, 11) is 0. The number of hydroxylamine groups is 4. The summed E-state index contributed by atoms with van der Waals surface area (Å²) in [4.78, 5) is 0. The molecular formula is C29H38N4O2. The van der Waals surface area contributed by atoms with Gasteiger partial charge in [0.1, 0.15) is 0 Å². The number of rotatable bonds is 0. The second-order valence-corrected chi connectivity index (χ2v) is 11.4. The Morgan fingerprint density at radius 3 is 1.66 bits per heavy atom. The summed E-state index contributed by atoms with van der Waals surface area (Å²) in [6.07, 6.45) is 3.14. The van der Waals surface area contributed by atoms with Crippen LogP contribution in [0.2, 0.25) is 0 Å². The molecule has 0 radical (unpaired) electrons. The van der Waals surface area contributed by atoms with Gasteiger partial charge in [0.15, 0.2) is 0 Å². The Morgan fingerprint density at radius 1 is 0.714 bits per heavy atom. The molecule has 0 bridgehead atoms. The highest BCUT2D eigenvalue weighted by Crippen LogP contribution is 2.35. The third-order valence-corrected chi connectivity index (χ3v) is 8.08. The van der Waals surface area contributed by atoms with Crippen LogP contribution in [-0.4, -0.2) is 44.2 Å². The van der Waals surface area contributed by atoms with Crippen molar-refractivity contribution in [2.24, 2.45) is 0 Å². The van der Waals surface area contributed by atoms with Gasteiger partial charge in [0.2, 0.25) is 0 Å². The van der Waals surface area contributed by atoms with Gasteiger partial charge in [0, 0.05) is 35.0 Å². The number of piperidine rings is 2. The smallest absolute Gasteiger partial charge is 0.0444 e. The van der Waals surface area contributed by atoms with Crippen molar-refractivity contribution < 1.29 is 10.4 Å². The molecule has 3 aromatic carbocycles. The molecular weight excluding hydrogens is 436 g/mol. The largest absolute Gasteiger partial charge is 0.399 e. The molecule has 0 aromatic heterocycles. The molecule has 0 saturated carbocycles. The Kier molecular flexibility index (Phi) is 5.84. The van der Waals surface area contributed by atoms with Crippen LogP contribution in [0.25, 0.3) is 32.7 Å². The van der Waals surface area contributed by atoms with Crippen molar-refractivity contribution in [2.45, 2.75) is 84.0 Å². The molecule has 0 spiro atoms. The number of hydrogen-bond donors (Lipinski definition) is 4. The molecule has 2 fully saturated rings. The summed E-state index contributed by atoms with van der Waals surface area (Å²) in [5.41, 5.74) is 16.5. The number of nitrogens with two attached hydrogens (primary N) is 2. The predicted molar refractivity (Wildman–Crippen MR) is 145 cm³/mol. The van der Waals surface area contributed by atoms with E-state index < -0.39 is 0 Å². The number of benzene rings is 3. The van der Waals surface area contributed by atoms with Gasteiger partial charge in [-0.25, -0.2) is 0 Å². The fourth-order valence-electron chi connectivity index (χ4n) is 6.55. The van der Waals surface area contributed by atoms with Gasteiger partial charge in [-0.1, -0.05) is 23.3 Å². The first-order chi connectivity index (χ1) is 16.5. The monoisotopic (exact) mass is 474 g/mol. The van der Waals surface area contributed by atoms with Crippen molar-refractivity contribution in [3.63, 3.8) is 0 Å². The Bertz CT molecular complexity index is 1430. The average Bonchev–Trinajstić information content (AvgIpc) is 2.78. The lowest BCUT2D eigenvalue weighted by atomic mass is 9.81. The number of fused-ring (bicyclic) bond motifs is 2. The lowest BCUT2D eigenvalue weighted by Gasteiger charge is -2.43. The minimum absolute atomic E-state index is 0.0123. The Labute approximate surface area is 207 Å². The molecule has 3 unspecified atom stereocenters. The number of hydrogen-bond acceptors (Lipinski definition) is 6. The van der Waals surface area contributed by atoms with E-state index in [1.54, 1.807) is 0 Å². The quantitative estimate of drug-likeness (QED) is 0.285. The summed E-state index contributed by atoms with van der Waals surface area (Å²) < 4.78 is 0. The summed E-state index contributed by atoms with van der Waals surface area (Å²) >= 11 is 0. The molecule has 0 aliphatic carbocycles. The van der Waals surface area contributed by atoms with E-state index in [1.165, 1.54) is 42.5 Å². The molecule has 35 heavy (non-hydrogen) atoms. The minimum atomic E-state index is -0.369. The molecule has 6 heteroatoms. The maximum atomic E-state index is 10.7. The standard InChI is InChI=1S/C29H38N4O2/c1-16-10-19(11-17(2)32(16)34)27-23-8-6-22(31)14-26(23)28(24-9-7-21(30)13-25(24)27)20-12-18(3)33(35)29(4,5)15-20/h6-9,13-14,16-18,34-35H,10-12,15,30-31H2,1-5H3/b27-19?,28-20+. The van der Waals surface area contributed by atoms with E-state index >= 15 is 0 Å². The van der Waals surface area contributed by atoms with Gasteiger partial charge < -0.3 is 21.9 Å². The first kappa shape index (κ1) is 24.1. The van der Waals surface area contributed by atoms with Gasteiger partial charge in [-0.3, -0.25) is 0 Å². The summed E-state index contributed by atoms with van der Waals surface area (Å²) in [5.74, 6) is 0. The van der Waals surface area contributed by atoms with E-state index in [2.05, 4.69) is 58.9 Å². The lowest BCUT2D eigenvalue weighted by molar-refractivity contribution is -0.193. The molecule has 6 nitrogen and oxygen atoms in total. The zero-order valence-electron chi connectivity index (χ0n) is 21.5. The molecule has 0 amide bonds. The molecule has 3 atom stereocenters. The predicted octanol–water partition coefficient (Wildman–Crippen LogP) is 4.37. The van der Waals surface area contributed by atoms with E-state index in [4.69, 9.17) is 11.5 Å². The van der Waals surface area contributed by atoms with Crippen LogP contribution in [0.4, 0.5) is 11.4 Å². The topological polar surface area (TPSA) is 99.0 Å². The second-order valence-electron chi connectivity index (χ2n) is 11.4. The SMILES string of the molecule is CC1CC(=c2c3cc(N)ccc3/c(=C3/CC(C)N(O)C(C)(C)C3)c3cc(N)ccc23)CC(C)N1O. The molecule has 6 N–H and O–H groups in total. The summed E-state index contributed by atoms with van der Waals surface area (Å²) in [6.45, 7) is 10.4. The average molecular weight is 475 g/mol. The van der Waals surface area contributed by atoms with Crippen LogP contribution in [0.5, 0.6) is 0 Å². The van der Waals surface area contributed by atoms with Crippen molar-refractivity contribution >= 4 is 44.1 Å². The number of nitrogens with zero attached hydrogens (tertiary/aromatic N) is 2. The van der Waals surface area contributed by atoms with E-state index in [0.717, 1.165) is 47.8 Å². The number of nitrogen functional groups attached to an aromatic ring is 2. The molecule has 3 aromatic rings. The second kappa shape index (κ2) is 8.49. The van der Waals surface area contributed by atoms with Crippen molar-refractivity contribution in [1.82, 2.24) is 10.1 Å². The Hall–Kier alpha value is -2.64. The van der Waals surface area contributed by atoms with Crippen LogP contribution in [0, 0.1) is 0 Å². The highest BCUT2D eigenvalue weighted by molar-refractivity contribution is 6.04. The van der Waals surface area contributed by atoms with Gasteiger partial charge >= 0.3 is 0 Å². The van der Waals surface area contributed by atoms with Gasteiger partial charge in [-0.05, 0) is 117 Å². The van der Waals surface area contributed by atoms with Crippen molar-refractivity contribution in [1.29, 1.82) is 0 Å². The maximum Gasteiger partial charge on any atom is 0.0444 e.